The molecule has 0 unspecified atom stereocenters. The SMILES string of the molecule is O=C(O)CCCN1CCc2ccccc21.[Cl-]. The molecule has 0 spiro atoms. The van der Waals surface area contributed by atoms with Gasteiger partial charge in [0, 0.05) is 25.2 Å². The molecule has 0 saturated heterocycles. The van der Waals surface area contributed by atoms with Crippen molar-refractivity contribution in [1.29, 1.82) is 0 Å². The van der Waals surface area contributed by atoms with Crippen molar-refractivity contribution >= 4 is 11.7 Å². The van der Waals surface area contributed by atoms with Crippen molar-refractivity contribution < 1.29 is 22.3 Å². The number of carbonyl (C=O) groups is 1. The summed E-state index contributed by atoms with van der Waals surface area (Å²) in [4.78, 5) is 12.7. The number of hydrogen-bond acceptors (Lipinski definition) is 2. The van der Waals surface area contributed by atoms with Gasteiger partial charge in [-0.25, -0.2) is 0 Å². The summed E-state index contributed by atoms with van der Waals surface area (Å²) in [6.07, 6.45) is 2.07. The third kappa shape index (κ3) is 2.89. The van der Waals surface area contributed by atoms with Gasteiger partial charge >= 0.3 is 5.97 Å². The minimum absolute atomic E-state index is 0. The first-order valence-electron chi connectivity index (χ1n) is 5.32. The lowest BCUT2D eigenvalue weighted by atomic mass is 10.2. The Morgan fingerprint density at radius 2 is 2.12 bits per heavy atom. The molecule has 0 amide bonds. The third-order valence-electron chi connectivity index (χ3n) is 2.80. The second kappa shape index (κ2) is 5.75. The predicted octanol–water partition coefficient (Wildman–Crippen LogP) is -1.08. The number of benzene rings is 1. The number of rotatable bonds is 4. The van der Waals surface area contributed by atoms with Crippen LogP contribution in [-0.2, 0) is 11.2 Å². The molecule has 3 nitrogen and oxygen atoms in total. The van der Waals surface area contributed by atoms with Crippen LogP contribution in [0.5, 0.6) is 0 Å². The summed E-state index contributed by atoms with van der Waals surface area (Å²) in [6, 6.07) is 8.35. The normalized spacial score (nSPS) is 13.1. The van der Waals surface area contributed by atoms with Gasteiger partial charge in [-0.15, -0.1) is 0 Å². The van der Waals surface area contributed by atoms with Crippen LogP contribution in [0.1, 0.15) is 18.4 Å². The van der Waals surface area contributed by atoms with Gasteiger partial charge in [-0.05, 0) is 24.5 Å². The molecule has 0 fully saturated rings. The van der Waals surface area contributed by atoms with E-state index in [-0.39, 0.29) is 18.8 Å². The van der Waals surface area contributed by atoms with Gasteiger partial charge in [-0.1, -0.05) is 18.2 Å². The quantitative estimate of drug-likeness (QED) is 0.728. The predicted molar refractivity (Wildman–Crippen MR) is 59.2 cm³/mol. The lowest BCUT2D eigenvalue weighted by molar-refractivity contribution is -0.137. The number of anilines is 1. The molecule has 0 radical (unpaired) electrons. The topological polar surface area (TPSA) is 40.5 Å². The molecule has 16 heavy (non-hydrogen) atoms. The van der Waals surface area contributed by atoms with Gasteiger partial charge in [0.15, 0.2) is 0 Å². The average Bonchev–Trinajstić information content (AvgIpc) is 2.62. The van der Waals surface area contributed by atoms with Crippen LogP contribution in [0, 0.1) is 0 Å². The summed E-state index contributed by atoms with van der Waals surface area (Å²) in [7, 11) is 0. The van der Waals surface area contributed by atoms with E-state index in [4.69, 9.17) is 5.11 Å². The van der Waals surface area contributed by atoms with E-state index < -0.39 is 5.97 Å². The summed E-state index contributed by atoms with van der Waals surface area (Å²) in [5.74, 6) is -0.706. The van der Waals surface area contributed by atoms with Gasteiger partial charge in [0.2, 0.25) is 0 Å². The minimum atomic E-state index is -0.706. The molecule has 0 aromatic heterocycles. The lowest BCUT2D eigenvalue weighted by Gasteiger charge is -2.18. The number of carboxylic acid groups (broad SMARTS) is 1. The summed E-state index contributed by atoms with van der Waals surface area (Å²) in [6.45, 7) is 1.88. The highest BCUT2D eigenvalue weighted by Gasteiger charge is 2.17. The van der Waals surface area contributed by atoms with E-state index in [1.165, 1.54) is 11.3 Å². The number of para-hydroxylation sites is 1. The molecule has 0 aliphatic carbocycles. The fraction of sp³-hybridized carbons (Fsp3) is 0.417. The molecule has 1 aliphatic rings. The van der Waals surface area contributed by atoms with E-state index in [2.05, 4.69) is 23.1 Å². The van der Waals surface area contributed by atoms with Crippen LogP contribution in [0.15, 0.2) is 24.3 Å². The van der Waals surface area contributed by atoms with Crippen LogP contribution in [0.25, 0.3) is 0 Å². The summed E-state index contributed by atoms with van der Waals surface area (Å²) in [5.41, 5.74) is 2.66. The summed E-state index contributed by atoms with van der Waals surface area (Å²) >= 11 is 0. The third-order valence-corrected chi connectivity index (χ3v) is 2.80. The molecule has 1 aromatic rings. The molecule has 2 rings (SSSR count). The maximum atomic E-state index is 10.4. The molecule has 4 heteroatoms. The first kappa shape index (κ1) is 12.8. The van der Waals surface area contributed by atoms with Gasteiger partial charge in [0.25, 0.3) is 0 Å². The van der Waals surface area contributed by atoms with Crippen LogP contribution in [0.3, 0.4) is 0 Å². The Balaban J connectivity index is 0.00000128. The van der Waals surface area contributed by atoms with Gasteiger partial charge in [0.1, 0.15) is 0 Å². The monoisotopic (exact) mass is 240 g/mol. The van der Waals surface area contributed by atoms with Gasteiger partial charge in [0.05, 0.1) is 0 Å². The van der Waals surface area contributed by atoms with E-state index in [0.717, 1.165) is 25.9 Å². The number of halogens is 1. The largest absolute Gasteiger partial charge is 1.00 e. The van der Waals surface area contributed by atoms with Crippen molar-refractivity contribution in [1.82, 2.24) is 0 Å². The van der Waals surface area contributed by atoms with Gasteiger partial charge < -0.3 is 22.4 Å². The van der Waals surface area contributed by atoms with Crippen molar-refractivity contribution in [2.24, 2.45) is 0 Å². The molecular weight excluding hydrogens is 226 g/mol. The molecule has 1 heterocycles. The van der Waals surface area contributed by atoms with Crippen LogP contribution in [0.4, 0.5) is 5.69 Å². The number of aliphatic carboxylic acids is 1. The average molecular weight is 241 g/mol. The van der Waals surface area contributed by atoms with Crippen LogP contribution in [-0.4, -0.2) is 24.2 Å². The highest BCUT2D eigenvalue weighted by Crippen LogP contribution is 2.27. The van der Waals surface area contributed by atoms with Crippen molar-refractivity contribution in [2.75, 3.05) is 18.0 Å². The number of nitrogens with zero attached hydrogens (tertiary/aromatic N) is 1. The lowest BCUT2D eigenvalue weighted by Crippen LogP contribution is -3.00. The smallest absolute Gasteiger partial charge is 0.303 e. The Bertz CT molecular complexity index is 368. The fourth-order valence-corrected chi connectivity index (χ4v) is 2.06. The van der Waals surface area contributed by atoms with Gasteiger partial charge in [-0.2, -0.15) is 0 Å². The van der Waals surface area contributed by atoms with E-state index in [1.807, 2.05) is 6.07 Å². The number of carboxylic acids is 1. The first-order valence-corrected chi connectivity index (χ1v) is 5.32. The second-order valence-corrected chi connectivity index (χ2v) is 3.86. The number of hydrogen-bond donors (Lipinski definition) is 1. The molecule has 0 atom stereocenters. The Kier molecular flexibility index (Phi) is 4.62. The van der Waals surface area contributed by atoms with Crippen LogP contribution >= 0.6 is 0 Å². The van der Waals surface area contributed by atoms with Crippen molar-refractivity contribution in [3.05, 3.63) is 29.8 Å². The number of fused-ring (bicyclic) bond motifs is 1. The second-order valence-electron chi connectivity index (χ2n) is 3.86. The minimum Gasteiger partial charge on any atom is -1.00 e. The highest BCUT2D eigenvalue weighted by atomic mass is 35.5. The zero-order valence-electron chi connectivity index (χ0n) is 9.03. The van der Waals surface area contributed by atoms with Crippen molar-refractivity contribution in [3.8, 4) is 0 Å². The van der Waals surface area contributed by atoms with E-state index in [1.54, 1.807) is 0 Å². The first-order chi connectivity index (χ1) is 7.27. The molecular formula is C12H15ClNO2-. The summed E-state index contributed by atoms with van der Waals surface area (Å²) in [5, 5.41) is 8.56. The maximum Gasteiger partial charge on any atom is 0.303 e. The Morgan fingerprint density at radius 3 is 2.88 bits per heavy atom. The zero-order chi connectivity index (χ0) is 10.7. The summed E-state index contributed by atoms with van der Waals surface area (Å²) < 4.78 is 0. The van der Waals surface area contributed by atoms with Crippen LogP contribution < -0.4 is 17.3 Å². The molecule has 1 aromatic carbocycles. The maximum absolute atomic E-state index is 10.4. The Hall–Kier alpha value is -1.22. The molecule has 0 bridgehead atoms. The standard InChI is InChI=1S/C12H15NO2.ClH/c14-12(15)6-3-8-13-9-7-10-4-1-2-5-11(10)13;/h1-2,4-5H,3,6-9H2,(H,14,15);1H/p-1. The van der Waals surface area contributed by atoms with E-state index in [0.29, 0.717) is 0 Å². The zero-order valence-corrected chi connectivity index (χ0v) is 9.78. The van der Waals surface area contributed by atoms with Crippen molar-refractivity contribution in [3.63, 3.8) is 0 Å². The van der Waals surface area contributed by atoms with E-state index >= 15 is 0 Å². The Labute approximate surface area is 101 Å². The van der Waals surface area contributed by atoms with Crippen molar-refractivity contribution in [2.45, 2.75) is 19.3 Å². The molecule has 0 saturated carbocycles. The molecule has 1 N–H and O–H groups in total. The van der Waals surface area contributed by atoms with E-state index in [9.17, 15) is 4.79 Å². The molecule has 88 valence electrons. The highest BCUT2D eigenvalue weighted by molar-refractivity contribution is 5.66. The molecule has 1 aliphatic heterocycles. The van der Waals surface area contributed by atoms with Crippen LogP contribution in [0.2, 0.25) is 0 Å². The fourth-order valence-electron chi connectivity index (χ4n) is 2.06. The Morgan fingerprint density at radius 1 is 1.38 bits per heavy atom. The van der Waals surface area contributed by atoms with Gasteiger partial charge in [-0.3, -0.25) is 4.79 Å².